The Morgan fingerprint density at radius 3 is 2.76 bits per heavy atom. The van der Waals surface area contributed by atoms with Gasteiger partial charge in [0.25, 0.3) is 0 Å². The van der Waals surface area contributed by atoms with Gasteiger partial charge in [0.05, 0.1) is 5.02 Å². The van der Waals surface area contributed by atoms with Crippen LogP contribution < -0.4 is 5.32 Å². The zero-order valence-electron chi connectivity index (χ0n) is 10.9. The van der Waals surface area contributed by atoms with Crippen LogP contribution in [0.1, 0.15) is 0 Å². The van der Waals surface area contributed by atoms with Crippen LogP contribution in [0.3, 0.4) is 0 Å². The Kier molecular flexibility index (Phi) is 4.29. The normalized spacial score (nSPS) is 11.4. The third-order valence-electron chi connectivity index (χ3n) is 2.58. The number of carbonyl (C=O) groups excluding carboxylic acids is 1. The summed E-state index contributed by atoms with van der Waals surface area (Å²) in [7, 11) is -2.34. The summed E-state index contributed by atoms with van der Waals surface area (Å²) in [6.07, 6.45) is 2.79. The minimum absolute atomic E-state index is 0.167. The first-order chi connectivity index (χ1) is 9.79. The molecule has 0 unspecified atom stereocenters. The molecular formula is C12H11ClFN3O3S. The fourth-order valence-electron chi connectivity index (χ4n) is 1.66. The van der Waals surface area contributed by atoms with Crippen LogP contribution in [0.15, 0.2) is 35.7 Å². The van der Waals surface area contributed by atoms with E-state index in [1.54, 1.807) is 0 Å². The number of nitrogens with zero attached hydrogens (tertiary/aromatic N) is 2. The number of nitrogens with one attached hydrogen (secondary N) is 1. The SMILES string of the molecule is Cn1ccnc1S(=O)(=O)CC(=O)Nc1ccc(F)c(Cl)c1. The zero-order chi connectivity index (χ0) is 15.6. The molecule has 0 aliphatic heterocycles. The predicted octanol–water partition coefficient (Wildman–Crippen LogP) is 1.62. The first-order valence-corrected chi connectivity index (χ1v) is 7.77. The highest BCUT2D eigenvalue weighted by Gasteiger charge is 2.23. The topological polar surface area (TPSA) is 81.1 Å². The highest BCUT2D eigenvalue weighted by molar-refractivity contribution is 7.92. The zero-order valence-corrected chi connectivity index (χ0v) is 12.4. The largest absolute Gasteiger partial charge is 0.325 e. The fraction of sp³-hybridized carbons (Fsp3) is 0.167. The van der Waals surface area contributed by atoms with E-state index in [0.29, 0.717) is 0 Å². The fourth-order valence-corrected chi connectivity index (χ4v) is 3.11. The Morgan fingerprint density at radius 2 is 2.19 bits per heavy atom. The van der Waals surface area contributed by atoms with E-state index in [9.17, 15) is 17.6 Å². The lowest BCUT2D eigenvalue weighted by molar-refractivity contribution is -0.113. The van der Waals surface area contributed by atoms with Gasteiger partial charge >= 0.3 is 0 Å². The second-order valence-corrected chi connectivity index (χ2v) is 6.55. The smallest absolute Gasteiger partial charge is 0.240 e. The van der Waals surface area contributed by atoms with Crippen molar-refractivity contribution < 1.29 is 17.6 Å². The quantitative estimate of drug-likeness (QED) is 0.923. The number of benzene rings is 1. The molecule has 112 valence electrons. The van der Waals surface area contributed by atoms with Gasteiger partial charge in [-0.25, -0.2) is 17.8 Å². The molecule has 0 spiro atoms. The summed E-state index contributed by atoms with van der Waals surface area (Å²) in [6.45, 7) is 0. The Hall–Kier alpha value is -1.93. The third kappa shape index (κ3) is 3.59. The number of anilines is 1. The molecule has 0 aliphatic rings. The van der Waals surface area contributed by atoms with Gasteiger partial charge in [-0.1, -0.05) is 11.6 Å². The van der Waals surface area contributed by atoms with Crippen LogP contribution in [-0.2, 0) is 21.7 Å². The minimum Gasteiger partial charge on any atom is -0.325 e. The number of carbonyl (C=O) groups is 1. The maximum Gasteiger partial charge on any atom is 0.240 e. The lowest BCUT2D eigenvalue weighted by Crippen LogP contribution is -2.24. The van der Waals surface area contributed by atoms with E-state index in [0.717, 1.165) is 6.07 Å². The van der Waals surface area contributed by atoms with Crippen LogP contribution in [0.5, 0.6) is 0 Å². The third-order valence-corrected chi connectivity index (χ3v) is 4.46. The molecule has 1 aromatic heterocycles. The van der Waals surface area contributed by atoms with E-state index in [-0.39, 0.29) is 15.9 Å². The molecule has 0 radical (unpaired) electrons. The van der Waals surface area contributed by atoms with Crippen LogP contribution in [-0.4, -0.2) is 29.6 Å². The molecule has 0 aliphatic carbocycles. The number of imidazole rings is 1. The van der Waals surface area contributed by atoms with E-state index in [2.05, 4.69) is 10.3 Å². The Morgan fingerprint density at radius 1 is 1.48 bits per heavy atom. The molecule has 0 bridgehead atoms. The Balaban J connectivity index is 2.11. The predicted molar refractivity (Wildman–Crippen MR) is 75.3 cm³/mol. The second kappa shape index (κ2) is 5.82. The van der Waals surface area contributed by atoms with Gasteiger partial charge in [-0.3, -0.25) is 4.79 Å². The number of hydrogen-bond acceptors (Lipinski definition) is 4. The van der Waals surface area contributed by atoms with Gasteiger partial charge in [-0.2, -0.15) is 0 Å². The molecule has 6 nitrogen and oxygen atoms in total. The van der Waals surface area contributed by atoms with E-state index in [1.165, 1.54) is 36.1 Å². The van der Waals surface area contributed by atoms with Gasteiger partial charge < -0.3 is 9.88 Å². The van der Waals surface area contributed by atoms with Crippen molar-refractivity contribution in [3.8, 4) is 0 Å². The minimum atomic E-state index is -3.85. The average Bonchev–Trinajstić information content (AvgIpc) is 2.80. The molecule has 9 heteroatoms. The molecule has 2 rings (SSSR count). The summed E-state index contributed by atoms with van der Waals surface area (Å²) in [4.78, 5) is 15.5. The van der Waals surface area contributed by atoms with E-state index in [4.69, 9.17) is 11.6 Å². The summed E-state index contributed by atoms with van der Waals surface area (Å²) in [6, 6.07) is 3.56. The Bertz CT molecular complexity index is 789. The summed E-state index contributed by atoms with van der Waals surface area (Å²) < 4.78 is 38.3. The number of aryl methyl sites for hydroxylation is 1. The van der Waals surface area contributed by atoms with E-state index >= 15 is 0 Å². The number of halogens is 2. The number of rotatable bonds is 4. The maximum absolute atomic E-state index is 13.0. The summed E-state index contributed by atoms with van der Waals surface area (Å²) in [5.74, 6) is -2.16. The lowest BCUT2D eigenvalue weighted by Gasteiger charge is -2.07. The van der Waals surface area contributed by atoms with Gasteiger partial charge in [-0.05, 0) is 18.2 Å². The molecule has 0 fully saturated rings. The molecule has 2 aromatic rings. The van der Waals surface area contributed by atoms with E-state index in [1.807, 2.05) is 0 Å². The molecule has 0 saturated carbocycles. The maximum atomic E-state index is 13.0. The average molecular weight is 332 g/mol. The number of hydrogen-bond donors (Lipinski definition) is 1. The van der Waals surface area contributed by atoms with Crippen LogP contribution >= 0.6 is 11.6 Å². The molecule has 1 N–H and O–H groups in total. The number of aromatic nitrogens is 2. The van der Waals surface area contributed by atoms with Crippen LogP contribution in [0.25, 0.3) is 0 Å². The first-order valence-electron chi connectivity index (χ1n) is 5.74. The molecule has 1 amide bonds. The van der Waals surface area contributed by atoms with Gasteiger partial charge in [0.2, 0.25) is 20.9 Å². The van der Waals surface area contributed by atoms with Crippen LogP contribution in [0.2, 0.25) is 5.02 Å². The summed E-state index contributed by atoms with van der Waals surface area (Å²) in [5, 5.41) is 1.98. The number of sulfone groups is 1. The van der Waals surface area contributed by atoms with Crippen molar-refractivity contribution in [3.05, 3.63) is 41.4 Å². The van der Waals surface area contributed by atoms with Crippen molar-refractivity contribution >= 4 is 33.0 Å². The monoisotopic (exact) mass is 331 g/mol. The molecular weight excluding hydrogens is 321 g/mol. The van der Waals surface area contributed by atoms with Crippen molar-refractivity contribution in [2.24, 2.45) is 7.05 Å². The molecule has 1 aromatic carbocycles. The lowest BCUT2D eigenvalue weighted by atomic mass is 10.3. The number of amides is 1. The Labute approximate surface area is 125 Å². The van der Waals surface area contributed by atoms with Crippen molar-refractivity contribution in [2.45, 2.75) is 5.16 Å². The molecule has 0 saturated heterocycles. The highest BCUT2D eigenvalue weighted by atomic mass is 35.5. The van der Waals surface area contributed by atoms with Crippen LogP contribution in [0, 0.1) is 5.82 Å². The molecule has 1 heterocycles. The highest BCUT2D eigenvalue weighted by Crippen LogP contribution is 2.19. The van der Waals surface area contributed by atoms with Crippen molar-refractivity contribution in [1.82, 2.24) is 9.55 Å². The standard InChI is InChI=1S/C12H11ClFN3O3S/c1-17-5-4-15-12(17)21(19,20)7-11(18)16-8-2-3-10(14)9(13)6-8/h2-6H,7H2,1H3,(H,16,18). The molecule has 21 heavy (non-hydrogen) atoms. The van der Waals surface area contributed by atoms with Gasteiger partial charge in [-0.15, -0.1) is 0 Å². The van der Waals surface area contributed by atoms with Gasteiger partial charge in [0.1, 0.15) is 11.6 Å². The summed E-state index contributed by atoms with van der Waals surface area (Å²) >= 11 is 5.57. The van der Waals surface area contributed by atoms with Gasteiger partial charge in [0.15, 0.2) is 0 Å². The van der Waals surface area contributed by atoms with Gasteiger partial charge in [0, 0.05) is 25.1 Å². The van der Waals surface area contributed by atoms with E-state index < -0.39 is 27.3 Å². The summed E-state index contributed by atoms with van der Waals surface area (Å²) in [5.41, 5.74) is 0.210. The molecule has 0 atom stereocenters. The van der Waals surface area contributed by atoms with Crippen molar-refractivity contribution in [1.29, 1.82) is 0 Å². The van der Waals surface area contributed by atoms with Crippen LogP contribution in [0.4, 0.5) is 10.1 Å². The first kappa shape index (κ1) is 15.5. The van der Waals surface area contributed by atoms with Crippen molar-refractivity contribution in [2.75, 3.05) is 11.1 Å². The second-order valence-electron chi connectivity index (χ2n) is 4.26. The van der Waals surface area contributed by atoms with Crippen molar-refractivity contribution in [3.63, 3.8) is 0 Å².